The van der Waals surface area contributed by atoms with Gasteiger partial charge < -0.3 is 9.64 Å². The largest absolute Gasteiger partial charge is 0.348 e. The van der Waals surface area contributed by atoms with Crippen molar-refractivity contribution in [3.63, 3.8) is 0 Å². The van der Waals surface area contributed by atoms with Crippen LogP contribution in [0.15, 0.2) is 78.9 Å². The van der Waals surface area contributed by atoms with E-state index < -0.39 is 5.60 Å². The smallest absolute Gasteiger partial charge is 0.325 e. The van der Waals surface area contributed by atoms with E-state index in [0.29, 0.717) is 0 Å². The second-order valence-electron chi connectivity index (χ2n) is 7.80. The molecule has 4 nitrogen and oxygen atoms in total. The highest BCUT2D eigenvalue weighted by molar-refractivity contribution is 5.97. The summed E-state index contributed by atoms with van der Waals surface area (Å²) in [5.41, 5.74) is 3.48. The standard InChI is InChI=1S/C24H21N2O2/c27-23-25-16-8-15-21(25)22-26(23)20-14-7-13-19(20)24(28-22,17-9-3-1-4-10-17)18-11-5-2-6-12-18/h1-7,9-14,21-22H,8,15-16H2/q-1/t21-,22-/m0/s1. The number of benzene rings is 2. The molecule has 0 saturated carbocycles. The van der Waals surface area contributed by atoms with Crippen molar-refractivity contribution in [2.75, 3.05) is 11.4 Å². The molecule has 2 atom stereocenters. The Kier molecular flexibility index (Phi) is 3.29. The molecule has 3 aliphatic rings. The van der Waals surface area contributed by atoms with Gasteiger partial charge >= 0.3 is 6.03 Å². The molecule has 3 aromatic carbocycles. The fourth-order valence-corrected chi connectivity index (χ4v) is 5.24. The van der Waals surface area contributed by atoms with Gasteiger partial charge in [0, 0.05) is 6.54 Å². The maximum atomic E-state index is 13.1. The Morgan fingerprint density at radius 3 is 2.32 bits per heavy atom. The fourth-order valence-electron chi connectivity index (χ4n) is 5.24. The molecule has 2 saturated heterocycles. The molecule has 0 aromatic heterocycles. The van der Waals surface area contributed by atoms with Crippen molar-refractivity contribution in [3.8, 4) is 0 Å². The van der Waals surface area contributed by atoms with Gasteiger partial charge in [0.2, 0.25) is 0 Å². The van der Waals surface area contributed by atoms with Crippen molar-refractivity contribution in [3.05, 3.63) is 95.6 Å². The van der Waals surface area contributed by atoms with Gasteiger partial charge in [-0.2, -0.15) is 6.07 Å². The van der Waals surface area contributed by atoms with Crippen LogP contribution in [-0.4, -0.2) is 29.7 Å². The van der Waals surface area contributed by atoms with Crippen LogP contribution in [0.1, 0.15) is 29.5 Å². The number of carbonyl (C=O) groups excluding carboxylic acids is 1. The van der Waals surface area contributed by atoms with Gasteiger partial charge in [-0.05, 0) is 24.0 Å². The molecule has 4 heteroatoms. The number of urea groups is 1. The summed E-state index contributed by atoms with van der Waals surface area (Å²) in [6.07, 6.45) is 1.76. The van der Waals surface area contributed by atoms with Crippen LogP contribution in [-0.2, 0) is 10.3 Å². The summed E-state index contributed by atoms with van der Waals surface area (Å²) in [6.45, 7) is 0.819. The highest BCUT2D eigenvalue weighted by Crippen LogP contribution is 2.53. The molecule has 2 amide bonds. The Morgan fingerprint density at radius 2 is 1.64 bits per heavy atom. The van der Waals surface area contributed by atoms with Gasteiger partial charge in [-0.25, -0.2) is 10.9 Å². The van der Waals surface area contributed by atoms with E-state index in [0.717, 1.165) is 41.8 Å². The molecule has 28 heavy (non-hydrogen) atoms. The molecule has 3 heterocycles. The van der Waals surface area contributed by atoms with Crippen molar-refractivity contribution in [2.45, 2.75) is 30.7 Å². The third-order valence-corrected chi connectivity index (χ3v) is 6.42. The van der Waals surface area contributed by atoms with Gasteiger partial charge in [-0.1, -0.05) is 66.4 Å². The van der Waals surface area contributed by atoms with E-state index >= 15 is 0 Å². The first-order chi connectivity index (χ1) is 13.8. The highest BCUT2D eigenvalue weighted by atomic mass is 16.5. The van der Waals surface area contributed by atoms with Gasteiger partial charge in [0.25, 0.3) is 0 Å². The number of hydrogen-bond acceptors (Lipinski definition) is 2. The maximum Gasteiger partial charge on any atom is 0.325 e. The number of amides is 2. The van der Waals surface area contributed by atoms with Crippen molar-refractivity contribution >= 4 is 11.7 Å². The number of ether oxygens (including phenoxy) is 1. The van der Waals surface area contributed by atoms with E-state index in [-0.39, 0.29) is 18.3 Å². The minimum absolute atomic E-state index is 0.0784. The number of carbonyl (C=O) groups is 1. The minimum Gasteiger partial charge on any atom is -0.348 e. The molecule has 2 fully saturated rings. The lowest BCUT2D eigenvalue weighted by atomic mass is 9.79. The Labute approximate surface area is 164 Å². The molecule has 140 valence electrons. The maximum absolute atomic E-state index is 13.1. The van der Waals surface area contributed by atoms with E-state index in [1.807, 2.05) is 28.0 Å². The Balaban J connectivity index is 1.63. The lowest BCUT2D eigenvalue weighted by molar-refractivity contribution is -0.0638. The van der Waals surface area contributed by atoms with Gasteiger partial charge in [-0.3, -0.25) is 4.90 Å². The molecular weight excluding hydrogens is 348 g/mol. The first kappa shape index (κ1) is 16.0. The van der Waals surface area contributed by atoms with E-state index in [1.165, 1.54) is 0 Å². The molecular formula is C24H21N2O2-. The van der Waals surface area contributed by atoms with Crippen LogP contribution < -0.4 is 4.90 Å². The molecule has 3 aliphatic heterocycles. The second kappa shape index (κ2) is 5.76. The van der Waals surface area contributed by atoms with Crippen LogP contribution >= 0.6 is 0 Å². The zero-order chi connectivity index (χ0) is 18.7. The zero-order valence-corrected chi connectivity index (χ0v) is 15.5. The SMILES string of the molecule is O=C1N2CCC[C@H]2[C@@H]2OC(c3ccccc3)(c3ccccc3)c3cc[cH-]c3N12. The van der Waals surface area contributed by atoms with Crippen LogP contribution in [0.25, 0.3) is 0 Å². The summed E-state index contributed by atoms with van der Waals surface area (Å²) in [5.74, 6) is 0. The van der Waals surface area contributed by atoms with Crippen molar-refractivity contribution in [1.29, 1.82) is 0 Å². The Hall–Kier alpha value is -2.98. The summed E-state index contributed by atoms with van der Waals surface area (Å²) >= 11 is 0. The third-order valence-electron chi connectivity index (χ3n) is 6.42. The van der Waals surface area contributed by atoms with Crippen molar-refractivity contribution in [1.82, 2.24) is 4.90 Å². The van der Waals surface area contributed by atoms with Gasteiger partial charge in [-0.15, -0.1) is 11.6 Å². The molecule has 0 aliphatic carbocycles. The third kappa shape index (κ3) is 1.93. The number of fused-ring (bicyclic) bond motifs is 5. The molecule has 0 N–H and O–H groups in total. The normalized spacial score (nSPS) is 24.8. The van der Waals surface area contributed by atoms with Gasteiger partial charge in [0.05, 0.1) is 11.6 Å². The summed E-state index contributed by atoms with van der Waals surface area (Å²) in [5, 5.41) is 0. The second-order valence-corrected chi connectivity index (χ2v) is 7.80. The van der Waals surface area contributed by atoms with E-state index in [1.54, 1.807) is 0 Å². The summed E-state index contributed by atoms with van der Waals surface area (Å²) in [7, 11) is 0. The first-order valence-corrected chi connectivity index (χ1v) is 9.95. The monoisotopic (exact) mass is 369 g/mol. The van der Waals surface area contributed by atoms with E-state index in [2.05, 4.69) is 60.7 Å². The molecule has 0 bridgehead atoms. The van der Waals surface area contributed by atoms with E-state index in [9.17, 15) is 4.79 Å². The molecule has 3 aromatic rings. The van der Waals surface area contributed by atoms with Crippen LogP contribution in [0, 0.1) is 0 Å². The van der Waals surface area contributed by atoms with Gasteiger partial charge in [0.15, 0.2) is 6.23 Å². The Morgan fingerprint density at radius 1 is 0.964 bits per heavy atom. The Bertz CT molecular complexity index is 988. The number of nitrogens with zero attached hydrogens (tertiary/aromatic N) is 2. The number of anilines is 1. The van der Waals surface area contributed by atoms with Crippen molar-refractivity contribution < 1.29 is 9.53 Å². The van der Waals surface area contributed by atoms with Crippen molar-refractivity contribution in [2.24, 2.45) is 0 Å². The molecule has 0 unspecified atom stereocenters. The van der Waals surface area contributed by atoms with Crippen LogP contribution in [0.5, 0.6) is 0 Å². The lowest BCUT2D eigenvalue weighted by Gasteiger charge is -2.50. The number of rotatable bonds is 2. The molecule has 0 radical (unpaired) electrons. The van der Waals surface area contributed by atoms with Gasteiger partial charge in [0.1, 0.15) is 0 Å². The number of hydrogen-bond donors (Lipinski definition) is 0. The quantitative estimate of drug-likeness (QED) is 0.625. The predicted molar refractivity (Wildman–Crippen MR) is 107 cm³/mol. The predicted octanol–water partition coefficient (Wildman–Crippen LogP) is 4.46. The minimum atomic E-state index is -0.721. The molecule has 6 rings (SSSR count). The average molecular weight is 369 g/mol. The van der Waals surface area contributed by atoms with Crippen LogP contribution in [0.3, 0.4) is 0 Å². The van der Waals surface area contributed by atoms with E-state index in [4.69, 9.17) is 4.74 Å². The molecule has 0 spiro atoms. The zero-order valence-electron chi connectivity index (χ0n) is 15.5. The topological polar surface area (TPSA) is 32.8 Å². The average Bonchev–Trinajstić information content (AvgIpc) is 3.47. The summed E-state index contributed by atoms with van der Waals surface area (Å²) < 4.78 is 7.00. The van der Waals surface area contributed by atoms with Crippen LogP contribution in [0.4, 0.5) is 10.5 Å². The first-order valence-electron chi connectivity index (χ1n) is 9.95. The lowest BCUT2D eigenvalue weighted by Crippen LogP contribution is -2.51. The summed E-state index contributed by atoms with van der Waals surface area (Å²) in [4.78, 5) is 17.0. The fraction of sp³-hybridized carbons (Fsp3) is 0.250. The highest BCUT2D eigenvalue weighted by Gasteiger charge is 2.55. The van der Waals surface area contributed by atoms with Crippen LogP contribution in [0.2, 0.25) is 0 Å². The summed E-state index contributed by atoms with van der Waals surface area (Å²) in [6, 6.07) is 27.2.